The van der Waals surface area contributed by atoms with Crippen molar-refractivity contribution >= 4 is 53.1 Å². The first-order valence-electron chi connectivity index (χ1n) is 13.3. The van der Waals surface area contributed by atoms with Crippen LogP contribution in [-0.2, 0) is 11.3 Å². The Bertz CT molecular complexity index is 1320. The smallest absolute Gasteiger partial charge is 0.330 e. The molecule has 2 unspecified atom stereocenters. The van der Waals surface area contributed by atoms with Crippen molar-refractivity contribution in [1.82, 2.24) is 14.9 Å². The number of carbonyl (C=O) groups excluding carboxylic acids is 2. The van der Waals surface area contributed by atoms with Gasteiger partial charge in [0.05, 0.1) is 33.0 Å². The number of rotatable bonds is 10. The molecule has 1 aliphatic heterocycles. The van der Waals surface area contributed by atoms with Crippen LogP contribution in [0.1, 0.15) is 38.2 Å². The third kappa shape index (κ3) is 6.52. The molecule has 13 heteroatoms. The first kappa shape index (κ1) is 30.4. The Morgan fingerprint density at radius 1 is 1.22 bits per heavy atom. The molecule has 220 valence electrons. The predicted molar refractivity (Wildman–Crippen MR) is 161 cm³/mol. The molecule has 0 bridgehead atoms. The lowest BCUT2D eigenvalue weighted by Crippen LogP contribution is -2.49. The highest BCUT2D eigenvalue weighted by atomic mass is 35.5. The number of amides is 3. The minimum Gasteiger partial charge on any atom is -0.495 e. The predicted octanol–water partition coefficient (Wildman–Crippen LogP) is 4.98. The Labute approximate surface area is 249 Å². The SMILES string of the molecule is C/C=C(\C=C/N(C)C=O)CN1C(=O)N(c2c(Cl)c(OC)cc(OC)c2Cl)Cc2cnc(NC3CCCCC3N)nc21. The summed E-state index contributed by atoms with van der Waals surface area (Å²) >= 11 is 13.4. The van der Waals surface area contributed by atoms with E-state index in [0.29, 0.717) is 35.2 Å². The maximum absolute atomic E-state index is 14.2. The van der Waals surface area contributed by atoms with E-state index in [4.69, 9.17) is 43.4 Å². The van der Waals surface area contributed by atoms with Crippen LogP contribution >= 0.6 is 23.2 Å². The highest BCUT2D eigenvalue weighted by Gasteiger charge is 2.37. The minimum absolute atomic E-state index is 0.00138. The van der Waals surface area contributed by atoms with Crippen molar-refractivity contribution in [2.45, 2.75) is 51.2 Å². The Hall–Kier alpha value is -3.54. The molecule has 3 N–H and O–H groups in total. The maximum Gasteiger partial charge on any atom is 0.330 e. The van der Waals surface area contributed by atoms with Crippen molar-refractivity contribution in [3.05, 3.63) is 51.8 Å². The third-order valence-electron chi connectivity index (χ3n) is 7.24. The zero-order chi connectivity index (χ0) is 29.7. The number of hydrogen-bond donors (Lipinski definition) is 2. The molecule has 4 rings (SSSR count). The highest BCUT2D eigenvalue weighted by molar-refractivity contribution is 6.42. The van der Waals surface area contributed by atoms with E-state index in [2.05, 4.69) is 10.3 Å². The van der Waals surface area contributed by atoms with Crippen molar-refractivity contribution in [2.24, 2.45) is 5.73 Å². The number of allylic oxidation sites excluding steroid dienone is 1. The fourth-order valence-corrected chi connectivity index (χ4v) is 5.59. The molecule has 2 aromatic rings. The maximum atomic E-state index is 14.2. The number of urea groups is 1. The number of benzene rings is 1. The van der Waals surface area contributed by atoms with Crippen LogP contribution in [0.2, 0.25) is 10.0 Å². The number of ether oxygens (including phenoxy) is 2. The van der Waals surface area contributed by atoms with Gasteiger partial charge in [-0.3, -0.25) is 14.6 Å². The van der Waals surface area contributed by atoms with Gasteiger partial charge in [-0.2, -0.15) is 4.98 Å². The number of anilines is 3. The largest absolute Gasteiger partial charge is 0.495 e. The lowest BCUT2D eigenvalue weighted by atomic mass is 9.91. The third-order valence-corrected chi connectivity index (χ3v) is 7.97. The summed E-state index contributed by atoms with van der Waals surface area (Å²) in [5.74, 6) is 1.46. The van der Waals surface area contributed by atoms with E-state index in [1.54, 1.807) is 31.6 Å². The van der Waals surface area contributed by atoms with Crippen LogP contribution < -0.4 is 30.3 Å². The number of hydrogen-bond acceptors (Lipinski definition) is 8. The van der Waals surface area contributed by atoms with Gasteiger partial charge in [0.2, 0.25) is 12.4 Å². The highest BCUT2D eigenvalue weighted by Crippen LogP contribution is 2.48. The summed E-state index contributed by atoms with van der Waals surface area (Å²) in [6, 6.07) is 1.20. The van der Waals surface area contributed by atoms with Crippen molar-refractivity contribution in [3.8, 4) is 11.5 Å². The lowest BCUT2D eigenvalue weighted by Gasteiger charge is -2.37. The molecular formula is C28H35Cl2N7O4. The molecule has 1 saturated carbocycles. The Morgan fingerprint density at radius 3 is 2.51 bits per heavy atom. The molecule has 2 heterocycles. The van der Waals surface area contributed by atoms with E-state index >= 15 is 0 Å². The van der Waals surface area contributed by atoms with Gasteiger partial charge in [0, 0.05) is 43.2 Å². The molecule has 2 aliphatic rings. The number of nitrogens with one attached hydrogen (secondary N) is 1. The molecule has 0 radical (unpaired) electrons. The second-order valence-corrected chi connectivity index (χ2v) is 10.7. The van der Waals surface area contributed by atoms with E-state index in [-0.39, 0.29) is 40.9 Å². The van der Waals surface area contributed by atoms with Gasteiger partial charge >= 0.3 is 6.03 Å². The molecule has 3 amide bonds. The van der Waals surface area contributed by atoms with Crippen LogP contribution in [0.4, 0.5) is 22.2 Å². The molecule has 1 aromatic heterocycles. The molecule has 1 aliphatic carbocycles. The molecule has 11 nitrogen and oxygen atoms in total. The van der Waals surface area contributed by atoms with Gasteiger partial charge in [-0.1, -0.05) is 42.1 Å². The van der Waals surface area contributed by atoms with Gasteiger partial charge in [0.15, 0.2) is 0 Å². The normalized spacial score (nSPS) is 19.3. The topological polar surface area (TPSA) is 126 Å². The van der Waals surface area contributed by atoms with E-state index in [1.807, 2.05) is 13.0 Å². The summed E-state index contributed by atoms with van der Waals surface area (Å²) in [5.41, 5.74) is 8.04. The van der Waals surface area contributed by atoms with E-state index in [0.717, 1.165) is 31.3 Å². The standard InChI is InChI=1S/C28H35Cl2N7O4/c1-5-17(10-11-35(2)16-38)14-37-26-18(13-32-27(34-26)33-20-9-7-6-8-19(20)31)15-36(28(37)39)25-23(29)21(40-3)12-22(41-4)24(25)30/h5,10-13,16,19-20H,6-9,14-15,31H2,1-4H3,(H,32,33,34)/b11-10-,17-5+. The number of carbonyl (C=O) groups is 2. The van der Waals surface area contributed by atoms with Gasteiger partial charge in [-0.15, -0.1) is 0 Å². The fraction of sp³-hybridized carbons (Fsp3) is 0.429. The summed E-state index contributed by atoms with van der Waals surface area (Å²) in [6.07, 6.45) is 11.6. The molecule has 1 aromatic carbocycles. The number of aromatic nitrogens is 2. The number of nitrogens with two attached hydrogens (primary N) is 1. The summed E-state index contributed by atoms with van der Waals surface area (Å²) in [7, 11) is 4.57. The zero-order valence-electron chi connectivity index (χ0n) is 23.6. The van der Waals surface area contributed by atoms with Crippen LogP contribution in [0, 0.1) is 0 Å². The van der Waals surface area contributed by atoms with E-state index in [1.165, 1.54) is 28.9 Å². The minimum atomic E-state index is -0.410. The summed E-state index contributed by atoms with van der Waals surface area (Å²) in [6.45, 7) is 2.11. The second-order valence-electron chi connectivity index (χ2n) is 9.90. The van der Waals surface area contributed by atoms with Crippen molar-refractivity contribution in [2.75, 3.05) is 42.9 Å². The zero-order valence-corrected chi connectivity index (χ0v) is 25.1. The summed E-state index contributed by atoms with van der Waals surface area (Å²) in [4.78, 5) is 39.0. The molecule has 1 fully saturated rings. The lowest BCUT2D eigenvalue weighted by molar-refractivity contribution is -0.114. The van der Waals surface area contributed by atoms with Gasteiger partial charge < -0.3 is 25.4 Å². The fourth-order valence-electron chi connectivity index (χ4n) is 4.89. The number of fused-ring (bicyclic) bond motifs is 1. The monoisotopic (exact) mass is 603 g/mol. The average molecular weight is 605 g/mol. The molecule has 0 saturated heterocycles. The summed E-state index contributed by atoms with van der Waals surface area (Å²) in [5, 5.41) is 3.71. The van der Waals surface area contributed by atoms with Crippen LogP contribution in [0.3, 0.4) is 0 Å². The van der Waals surface area contributed by atoms with Crippen LogP contribution in [0.25, 0.3) is 0 Å². The molecular weight excluding hydrogens is 569 g/mol. The van der Waals surface area contributed by atoms with Gasteiger partial charge in [0.1, 0.15) is 27.4 Å². The quantitative estimate of drug-likeness (QED) is 0.288. The van der Waals surface area contributed by atoms with Crippen molar-refractivity contribution in [3.63, 3.8) is 0 Å². The number of halogens is 2. The van der Waals surface area contributed by atoms with Crippen molar-refractivity contribution < 1.29 is 19.1 Å². The van der Waals surface area contributed by atoms with Crippen LogP contribution in [0.15, 0.2) is 36.2 Å². The van der Waals surface area contributed by atoms with Gasteiger partial charge in [-0.05, 0) is 31.4 Å². The van der Waals surface area contributed by atoms with Crippen LogP contribution in [-0.4, -0.2) is 67.2 Å². The average Bonchev–Trinajstić information content (AvgIpc) is 2.98. The second kappa shape index (κ2) is 13.4. The molecule has 2 atom stereocenters. The Balaban J connectivity index is 1.78. The summed E-state index contributed by atoms with van der Waals surface area (Å²) < 4.78 is 10.9. The van der Waals surface area contributed by atoms with E-state index < -0.39 is 6.03 Å². The van der Waals surface area contributed by atoms with Gasteiger partial charge in [0.25, 0.3) is 0 Å². The Kier molecular flexibility index (Phi) is 9.95. The molecule has 0 spiro atoms. The van der Waals surface area contributed by atoms with Crippen LogP contribution in [0.5, 0.6) is 11.5 Å². The first-order valence-corrected chi connectivity index (χ1v) is 14.1. The first-order chi connectivity index (χ1) is 19.7. The molecule has 41 heavy (non-hydrogen) atoms. The Morgan fingerprint density at radius 2 is 1.90 bits per heavy atom. The number of methoxy groups -OCH3 is 2. The van der Waals surface area contributed by atoms with E-state index in [9.17, 15) is 9.59 Å². The van der Waals surface area contributed by atoms with Crippen molar-refractivity contribution in [1.29, 1.82) is 0 Å². The van der Waals surface area contributed by atoms with Gasteiger partial charge in [-0.25, -0.2) is 9.78 Å². The number of nitrogens with zero attached hydrogens (tertiary/aromatic N) is 5.